The highest BCUT2D eigenvalue weighted by Gasteiger charge is 2.14. The fourth-order valence-corrected chi connectivity index (χ4v) is 4.62. The average Bonchev–Trinajstić information content (AvgIpc) is 3.53. The van der Waals surface area contributed by atoms with Crippen LogP contribution in [-0.2, 0) is 6.54 Å². The zero-order chi connectivity index (χ0) is 23.5. The van der Waals surface area contributed by atoms with Gasteiger partial charge in [-0.25, -0.2) is 0 Å². The molecule has 1 saturated heterocycles. The van der Waals surface area contributed by atoms with Crippen LogP contribution in [0.4, 0.5) is 11.4 Å². The van der Waals surface area contributed by atoms with Crippen LogP contribution in [0, 0.1) is 25.2 Å². The van der Waals surface area contributed by atoms with Crippen molar-refractivity contribution in [2.75, 3.05) is 18.4 Å². The molecule has 0 spiro atoms. The van der Waals surface area contributed by atoms with Gasteiger partial charge in [0.15, 0.2) is 0 Å². The smallest absolute Gasteiger partial charge is 0.103 e. The van der Waals surface area contributed by atoms with Crippen molar-refractivity contribution < 1.29 is 0 Å². The van der Waals surface area contributed by atoms with E-state index in [9.17, 15) is 5.26 Å². The number of hydrogen-bond acceptors (Lipinski definition) is 5. The van der Waals surface area contributed by atoms with Crippen molar-refractivity contribution in [3.63, 3.8) is 0 Å². The van der Waals surface area contributed by atoms with Gasteiger partial charge in [-0.15, -0.1) is 0 Å². The molecule has 170 valence electrons. The first-order valence-corrected chi connectivity index (χ1v) is 11.7. The summed E-state index contributed by atoms with van der Waals surface area (Å²) in [5.74, 6) is 0. The molecule has 0 amide bonds. The number of nitriles is 1. The van der Waals surface area contributed by atoms with Crippen LogP contribution in [0.3, 0.4) is 0 Å². The highest BCUT2D eigenvalue weighted by molar-refractivity contribution is 5.90. The van der Waals surface area contributed by atoms with Crippen molar-refractivity contribution in [3.8, 4) is 6.07 Å². The van der Waals surface area contributed by atoms with Crippen LogP contribution in [0.2, 0.25) is 0 Å². The van der Waals surface area contributed by atoms with Gasteiger partial charge in [-0.1, -0.05) is 6.07 Å². The number of rotatable bonds is 6. The lowest BCUT2D eigenvalue weighted by Crippen LogP contribution is -2.19. The van der Waals surface area contributed by atoms with E-state index < -0.39 is 0 Å². The summed E-state index contributed by atoms with van der Waals surface area (Å²) in [4.78, 5) is 15.0. The SMILES string of the molecule is Cc1ncc(C#N)c(Nc2ccc3[nH]ccc3c2C)c1/C=C/c1cccc(CN2CCCC2)n1. The number of fused-ring (bicyclic) bond motifs is 1. The monoisotopic (exact) mass is 448 g/mol. The first kappa shape index (κ1) is 21.9. The molecular weight excluding hydrogens is 420 g/mol. The fourth-order valence-electron chi connectivity index (χ4n) is 4.62. The third kappa shape index (κ3) is 4.43. The highest BCUT2D eigenvalue weighted by Crippen LogP contribution is 2.32. The molecule has 6 nitrogen and oxygen atoms in total. The molecule has 0 aliphatic carbocycles. The fraction of sp³-hybridized carbons (Fsp3) is 0.250. The Morgan fingerprint density at radius 1 is 1.12 bits per heavy atom. The molecule has 0 unspecified atom stereocenters. The van der Waals surface area contributed by atoms with Crippen molar-refractivity contribution in [2.45, 2.75) is 33.2 Å². The minimum absolute atomic E-state index is 0.509. The van der Waals surface area contributed by atoms with Crippen molar-refractivity contribution in [2.24, 2.45) is 0 Å². The predicted octanol–water partition coefficient (Wildman–Crippen LogP) is 5.96. The van der Waals surface area contributed by atoms with Crippen LogP contribution < -0.4 is 5.32 Å². The van der Waals surface area contributed by atoms with E-state index in [0.29, 0.717) is 5.56 Å². The van der Waals surface area contributed by atoms with Crippen molar-refractivity contribution in [1.29, 1.82) is 5.26 Å². The Balaban J connectivity index is 1.47. The zero-order valence-electron chi connectivity index (χ0n) is 19.6. The molecule has 1 fully saturated rings. The number of likely N-dealkylation sites (tertiary alicyclic amines) is 1. The van der Waals surface area contributed by atoms with E-state index in [1.54, 1.807) is 6.20 Å². The lowest BCUT2D eigenvalue weighted by molar-refractivity contribution is 0.327. The van der Waals surface area contributed by atoms with Gasteiger partial charge in [-0.3, -0.25) is 14.9 Å². The molecule has 3 aromatic heterocycles. The Kier molecular flexibility index (Phi) is 6.11. The maximum Gasteiger partial charge on any atom is 0.103 e. The number of hydrogen-bond donors (Lipinski definition) is 2. The number of pyridine rings is 2. The second-order valence-corrected chi connectivity index (χ2v) is 8.83. The topological polar surface area (TPSA) is 80.6 Å². The Morgan fingerprint density at radius 2 is 1.97 bits per heavy atom. The minimum Gasteiger partial charge on any atom is -0.361 e. The summed E-state index contributed by atoms with van der Waals surface area (Å²) in [6, 6.07) is 14.6. The molecule has 0 radical (unpaired) electrons. The van der Waals surface area contributed by atoms with E-state index in [1.807, 2.05) is 37.4 Å². The van der Waals surface area contributed by atoms with Gasteiger partial charge in [0.2, 0.25) is 0 Å². The molecule has 0 atom stereocenters. The van der Waals surface area contributed by atoms with E-state index in [4.69, 9.17) is 4.98 Å². The molecule has 4 heterocycles. The van der Waals surface area contributed by atoms with Crippen molar-refractivity contribution in [3.05, 3.63) is 82.6 Å². The largest absolute Gasteiger partial charge is 0.361 e. The number of H-pyrrole nitrogens is 1. The van der Waals surface area contributed by atoms with Crippen LogP contribution >= 0.6 is 0 Å². The Bertz CT molecular complexity index is 1400. The van der Waals surface area contributed by atoms with Crippen LogP contribution in [0.5, 0.6) is 0 Å². The molecule has 2 N–H and O–H groups in total. The van der Waals surface area contributed by atoms with Gasteiger partial charge in [-0.2, -0.15) is 5.26 Å². The quantitative estimate of drug-likeness (QED) is 0.381. The standard InChI is InChI=1S/C28H28N6/c1-19-24-12-13-30-27(24)11-10-26(19)33-28-21(16-29)17-31-20(2)25(28)9-8-22-6-5-7-23(32-22)18-34-14-3-4-15-34/h5-13,17,30H,3-4,14-15,18H2,1-2H3,(H,31,33)/b9-8+. The summed E-state index contributed by atoms with van der Waals surface area (Å²) in [6.45, 7) is 7.24. The highest BCUT2D eigenvalue weighted by atomic mass is 15.1. The van der Waals surface area contributed by atoms with Crippen molar-refractivity contribution >= 4 is 34.4 Å². The van der Waals surface area contributed by atoms with Crippen LogP contribution in [0.1, 0.15) is 46.6 Å². The third-order valence-electron chi connectivity index (χ3n) is 6.53. The van der Waals surface area contributed by atoms with E-state index in [1.165, 1.54) is 12.8 Å². The molecule has 6 heteroatoms. The first-order chi connectivity index (χ1) is 16.6. The molecule has 0 bridgehead atoms. The van der Waals surface area contributed by atoms with E-state index in [-0.39, 0.29) is 0 Å². The maximum atomic E-state index is 9.80. The van der Waals surface area contributed by atoms with Crippen LogP contribution in [-0.4, -0.2) is 32.9 Å². The summed E-state index contributed by atoms with van der Waals surface area (Å²) in [6.07, 6.45) is 10.1. The number of benzene rings is 1. The maximum absolute atomic E-state index is 9.80. The van der Waals surface area contributed by atoms with Gasteiger partial charge >= 0.3 is 0 Å². The lowest BCUT2D eigenvalue weighted by Gasteiger charge is -2.16. The van der Waals surface area contributed by atoms with Gasteiger partial charge < -0.3 is 10.3 Å². The van der Waals surface area contributed by atoms with Gasteiger partial charge in [0.25, 0.3) is 0 Å². The summed E-state index contributed by atoms with van der Waals surface area (Å²) < 4.78 is 0. The van der Waals surface area contributed by atoms with Gasteiger partial charge in [0.05, 0.1) is 22.6 Å². The molecule has 0 saturated carbocycles. The Hall–Kier alpha value is -3.95. The van der Waals surface area contributed by atoms with Crippen LogP contribution in [0.15, 0.2) is 48.8 Å². The van der Waals surface area contributed by atoms with E-state index in [2.05, 4.69) is 57.4 Å². The van der Waals surface area contributed by atoms with Crippen LogP contribution in [0.25, 0.3) is 23.1 Å². The number of aromatic amines is 1. The number of nitrogens with zero attached hydrogens (tertiary/aromatic N) is 4. The average molecular weight is 449 g/mol. The minimum atomic E-state index is 0.509. The van der Waals surface area contributed by atoms with E-state index >= 15 is 0 Å². The second kappa shape index (κ2) is 9.50. The molecule has 1 aliphatic rings. The van der Waals surface area contributed by atoms with Gasteiger partial charge in [0, 0.05) is 46.8 Å². The third-order valence-corrected chi connectivity index (χ3v) is 6.53. The molecule has 5 rings (SSSR count). The Morgan fingerprint density at radius 3 is 2.79 bits per heavy atom. The predicted molar refractivity (Wildman–Crippen MR) is 138 cm³/mol. The molecule has 1 aromatic carbocycles. The molecule has 1 aliphatic heterocycles. The summed E-state index contributed by atoms with van der Waals surface area (Å²) in [5, 5.41) is 14.5. The molecule has 34 heavy (non-hydrogen) atoms. The lowest BCUT2D eigenvalue weighted by atomic mass is 10.0. The van der Waals surface area contributed by atoms with E-state index in [0.717, 1.165) is 70.1 Å². The van der Waals surface area contributed by atoms with Gasteiger partial charge in [-0.05, 0) is 87.8 Å². The number of aryl methyl sites for hydroxylation is 2. The normalized spacial score (nSPS) is 14.1. The number of anilines is 2. The summed E-state index contributed by atoms with van der Waals surface area (Å²) in [5.41, 5.74) is 8.18. The van der Waals surface area contributed by atoms with Crippen molar-refractivity contribution in [1.82, 2.24) is 19.9 Å². The number of nitrogens with one attached hydrogen (secondary N) is 2. The summed E-state index contributed by atoms with van der Waals surface area (Å²) in [7, 11) is 0. The Labute approximate surface area is 200 Å². The molecule has 4 aromatic rings. The van der Waals surface area contributed by atoms with Gasteiger partial charge in [0.1, 0.15) is 6.07 Å². The first-order valence-electron chi connectivity index (χ1n) is 11.7. The molecular formula is C28H28N6. The number of aromatic nitrogens is 3. The zero-order valence-corrected chi connectivity index (χ0v) is 19.6. The summed E-state index contributed by atoms with van der Waals surface area (Å²) >= 11 is 0. The second-order valence-electron chi connectivity index (χ2n) is 8.83.